The Bertz CT molecular complexity index is 740. The first kappa shape index (κ1) is 18.7. The Morgan fingerprint density at radius 3 is 1.83 bits per heavy atom. The Kier molecular flexibility index (Phi) is 4.95. The normalized spacial score (nSPS) is 12.4. The second kappa shape index (κ2) is 6.35. The van der Waals surface area contributed by atoms with Crippen molar-refractivity contribution in [1.29, 1.82) is 0 Å². The molecular formula is C17H14BrF5O. The van der Waals surface area contributed by atoms with Crippen molar-refractivity contribution < 1.29 is 26.7 Å². The minimum absolute atomic E-state index is 0.0977. The van der Waals surface area contributed by atoms with Crippen LogP contribution >= 0.6 is 15.9 Å². The highest BCUT2D eigenvalue weighted by atomic mass is 79.9. The summed E-state index contributed by atoms with van der Waals surface area (Å²) in [6, 6.07) is 5.36. The summed E-state index contributed by atoms with van der Waals surface area (Å²) >= 11 is 3.24. The fourth-order valence-corrected chi connectivity index (χ4v) is 2.44. The van der Waals surface area contributed by atoms with E-state index < -0.39 is 29.1 Å². The molecule has 0 bridgehead atoms. The first-order valence-electron chi connectivity index (χ1n) is 6.93. The average Bonchev–Trinajstić information content (AvgIpc) is 2.41. The Hall–Kier alpha value is -1.63. The molecule has 0 aliphatic carbocycles. The van der Waals surface area contributed by atoms with Crippen LogP contribution in [0.5, 0.6) is 11.5 Å². The number of halogens is 6. The van der Waals surface area contributed by atoms with Gasteiger partial charge in [-0.1, -0.05) is 26.8 Å². The lowest BCUT2D eigenvalue weighted by atomic mass is 9.87. The van der Waals surface area contributed by atoms with Gasteiger partial charge in [0.2, 0.25) is 0 Å². The number of alkyl halides is 3. The molecule has 0 aliphatic rings. The third-order valence-corrected chi connectivity index (χ3v) is 3.96. The maximum absolute atomic E-state index is 13.8. The maximum atomic E-state index is 13.8. The summed E-state index contributed by atoms with van der Waals surface area (Å²) in [7, 11) is 0. The summed E-state index contributed by atoms with van der Waals surface area (Å²) in [5, 5.41) is 0. The highest BCUT2D eigenvalue weighted by Crippen LogP contribution is 2.38. The highest BCUT2D eigenvalue weighted by Gasteiger charge is 2.33. The predicted molar refractivity (Wildman–Crippen MR) is 84.3 cm³/mol. The van der Waals surface area contributed by atoms with E-state index in [0.717, 1.165) is 5.56 Å². The zero-order chi connectivity index (χ0) is 18.3. The Balaban J connectivity index is 2.39. The van der Waals surface area contributed by atoms with Crippen molar-refractivity contribution in [2.75, 3.05) is 0 Å². The van der Waals surface area contributed by atoms with Crippen molar-refractivity contribution in [3.8, 4) is 11.5 Å². The maximum Gasteiger partial charge on any atom is 0.416 e. The Morgan fingerprint density at radius 1 is 0.875 bits per heavy atom. The molecule has 7 heteroatoms. The van der Waals surface area contributed by atoms with Crippen LogP contribution in [0.1, 0.15) is 31.9 Å². The molecule has 0 N–H and O–H groups in total. The fraction of sp³-hybridized carbons (Fsp3) is 0.294. The number of hydrogen-bond acceptors (Lipinski definition) is 1. The second-order valence-corrected chi connectivity index (χ2v) is 7.12. The van der Waals surface area contributed by atoms with Crippen LogP contribution in [0, 0.1) is 11.6 Å². The van der Waals surface area contributed by atoms with Gasteiger partial charge in [0, 0.05) is 0 Å². The van der Waals surface area contributed by atoms with Crippen LogP contribution in [-0.4, -0.2) is 0 Å². The van der Waals surface area contributed by atoms with Crippen molar-refractivity contribution >= 4 is 15.9 Å². The molecule has 0 fully saturated rings. The molecular weight excluding hydrogens is 395 g/mol. The van der Waals surface area contributed by atoms with Gasteiger partial charge >= 0.3 is 6.18 Å². The molecule has 0 saturated carbocycles. The topological polar surface area (TPSA) is 9.23 Å². The molecule has 0 radical (unpaired) electrons. The van der Waals surface area contributed by atoms with Crippen LogP contribution in [0.15, 0.2) is 34.8 Å². The largest absolute Gasteiger partial charge is 0.450 e. The van der Waals surface area contributed by atoms with Gasteiger partial charge < -0.3 is 4.74 Å². The highest BCUT2D eigenvalue weighted by molar-refractivity contribution is 9.10. The zero-order valence-electron chi connectivity index (χ0n) is 13.1. The molecule has 0 saturated heterocycles. The lowest BCUT2D eigenvalue weighted by Gasteiger charge is -2.20. The van der Waals surface area contributed by atoms with Crippen molar-refractivity contribution in [3.63, 3.8) is 0 Å². The third kappa shape index (κ3) is 4.06. The molecule has 0 atom stereocenters. The van der Waals surface area contributed by atoms with Crippen LogP contribution in [0.3, 0.4) is 0 Å². The number of hydrogen-bond donors (Lipinski definition) is 0. The smallest absolute Gasteiger partial charge is 0.416 e. The molecule has 2 aromatic carbocycles. The Morgan fingerprint density at radius 2 is 1.42 bits per heavy atom. The minimum atomic E-state index is -4.84. The van der Waals surface area contributed by atoms with E-state index in [2.05, 4.69) is 15.9 Å². The minimum Gasteiger partial charge on any atom is -0.450 e. The molecule has 1 nitrogen and oxygen atoms in total. The number of benzene rings is 2. The zero-order valence-corrected chi connectivity index (χ0v) is 14.6. The predicted octanol–water partition coefficient (Wildman–Crippen LogP) is 6.84. The van der Waals surface area contributed by atoms with E-state index in [4.69, 9.17) is 4.74 Å². The van der Waals surface area contributed by atoms with Crippen LogP contribution in [-0.2, 0) is 11.6 Å². The SMILES string of the molecule is CC(C)(C)c1ccc(Oc2c(F)cc(C(F)(F)F)cc2F)c(Br)c1. The van der Waals surface area contributed by atoms with Gasteiger partial charge in [-0.2, -0.15) is 13.2 Å². The summed E-state index contributed by atoms with van der Waals surface area (Å²) in [5.41, 5.74) is -0.603. The monoisotopic (exact) mass is 408 g/mol. The van der Waals surface area contributed by atoms with E-state index in [1.165, 1.54) is 6.07 Å². The van der Waals surface area contributed by atoms with Gasteiger partial charge in [-0.25, -0.2) is 8.78 Å². The van der Waals surface area contributed by atoms with Gasteiger partial charge in [-0.15, -0.1) is 0 Å². The molecule has 0 heterocycles. The van der Waals surface area contributed by atoms with E-state index >= 15 is 0 Å². The standard InChI is InChI=1S/C17H14BrF5O/c1-16(2,3)9-4-5-14(11(18)6-9)24-15-12(19)7-10(8-13(15)20)17(21,22)23/h4-8H,1-3H3. The molecule has 0 aromatic heterocycles. The van der Waals surface area contributed by atoms with Crippen molar-refractivity contribution in [2.24, 2.45) is 0 Å². The van der Waals surface area contributed by atoms with Gasteiger partial charge in [0.05, 0.1) is 10.0 Å². The summed E-state index contributed by atoms with van der Waals surface area (Å²) < 4.78 is 70.9. The average molecular weight is 409 g/mol. The fourth-order valence-electron chi connectivity index (χ4n) is 1.98. The van der Waals surface area contributed by atoms with Crippen molar-refractivity contribution in [2.45, 2.75) is 32.4 Å². The molecule has 130 valence electrons. The third-order valence-electron chi connectivity index (χ3n) is 3.34. The van der Waals surface area contributed by atoms with Gasteiger partial charge in [0.25, 0.3) is 0 Å². The van der Waals surface area contributed by atoms with Gasteiger partial charge in [-0.05, 0) is 51.2 Å². The van der Waals surface area contributed by atoms with Gasteiger partial charge in [0.1, 0.15) is 5.75 Å². The van der Waals surface area contributed by atoms with E-state index in [0.29, 0.717) is 4.47 Å². The van der Waals surface area contributed by atoms with Crippen LogP contribution in [0.2, 0.25) is 0 Å². The van der Waals surface area contributed by atoms with Crippen molar-refractivity contribution in [1.82, 2.24) is 0 Å². The van der Waals surface area contributed by atoms with E-state index in [9.17, 15) is 22.0 Å². The second-order valence-electron chi connectivity index (χ2n) is 6.26. The van der Waals surface area contributed by atoms with E-state index in [-0.39, 0.29) is 23.3 Å². The molecule has 0 spiro atoms. The molecule has 0 unspecified atom stereocenters. The molecule has 0 aliphatic heterocycles. The molecule has 2 rings (SSSR count). The summed E-state index contributed by atoms with van der Waals surface area (Å²) in [6.45, 7) is 5.97. The van der Waals surface area contributed by atoms with Gasteiger partial charge in [-0.3, -0.25) is 0 Å². The summed E-state index contributed by atoms with van der Waals surface area (Å²) in [6.07, 6.45) is -4.84. The summed E-state index contributed by atoms with van der Waals surface area (Å²) in [4.78, 5) is 0. The lowest BCUT2D eigenvalue weighted by Crippen LogP contribution is -2.11. The van der Waals surface area contributed by atoms with Crippen LogP contribution in [0.4, 0.5) is 22.0 Å². The first-order chi connectivity index (χ1) is 10.9. The summed E-state index contributed by atoms with van der Waals surface area (Å²) in [5.74, 6) is -3.63. The molecule has 2 aromatic rings. The Labute approximate surface area is 144 Å². The van der Waals surface area contributed by atoms with Crippen LogP contribution in [0.25, 0.3) is 0 Å². The lowest BCUT2D eigenvalue weighted by molar-refractivity contribution is -0.138. The van der Waals surface area contributed by atoms with Gasteiger partial charge in [0.15, 0.2) is 17.4 Å². The molecule has 0 amide bonds. The van der Waals surface area contributed by atoms with Crippen molar-refractivity contribution in [3.05, 3.63) is 57.6 Å². The van der Waals surface area contributed by atoms with E-state index in [1.54, 1.807) is 12.1 Å². The number of ether oxygens (including phenoxy) is 1. The first-order valence-corrected chi connectivity index (χ1v) is 7.73. The number of rotatable bonds is 2. The molecule has 24 heavy (non-hydrogen) atoms. The van der Waals surface area contributed by atoms with Crippen LogP contribution < -0.4 is 4.74 Å². The van der Waals surface area contributed by atoms with E-state index in [1.807, 2.05) is 20.8 Å². The quantitative estimate of drug-likeness (QED) is 0.494.